The SMILES string of the molecule is NCCNCc1nccc2ccccc12. The summed E-state index contributed by atoms with van der Waals surface area (Å²) in [4.78, 5) is 4.38. The second kappa shape index (κ2) is 4.87. The molecule has 3 N–H and O–H groups in total. The summed E-state index contributed by atoms with van der Waals surface area (Å²) in [7, 11) is 0. The smallest absolute Gasteiger partial charge is 0.0619 e. The molecule has 0 aliphatic heterocycles. The average Bonchev–Trinajstić information content (AvgIpc) is 2.30. The second-order valence-electron chi connectivity index (χ2n) is 3.44. The highest BCUT2D eigenvalue weighted by molar-refractivity contribution is 5.84. The van der Waals surface area contributed by atoms with Crippen LogP contribution in [0.15, 0.2) is 36.5 Å². The fourth-order valence-corrected chi connectivity index (χ4v) is 1.63. The van der Waals surface area contributed by atoms with Gasteiger partial charge >= 0.3 is 0 Å². The molecule has 0 bridgehead atoms. The summed E-state index contributed by atoms with van der Waals surface area (Å²) in [5, 5.41) is 5.70. The van der Waals surface area contributed by atoms with E-state index < -0.39 is 0 Å². The first-order chi connectivity index (χ1) is 7.42. The van der Waals surface area contributed by atoms with E-state index >= 15 is 0 Å². The molecule has 1 aromatic carbocycles. The standard InChI is InChI=1S/C12H15N3/c13-6-8-14-9-12-11-4-2-1-3-10(11)5-7-15-12/h1-5,7,14H,6,8-9,13H2. The van der Waals surface area contributed by atoms with Crippen molar-refractivity contribution in [3.05, 3.63) is 42.2 Å². The van der Waals surface area contributed by atoms with E-state index in [1.807, 2.05) is 24.4 Å². The van der Waals surface area contributed by atoms with Crippen molar-refractivity contribution in [3.63, 3.8) is 0 Å². The van der Waals surface area contributed by atoms with Gasteiger partial charge in [-0.05, 0) is 11.5 Å². The zero-order valence-corrected chi connectivity index (χ0v) is 8.61. The number of nitrogens with zero attached hydrogens (tertiary/aromatic N) is 1. The number of pyridine rings is 1. The number of aromatic nitrogens is 1. The molecule has 0 amide bonds. The summed E-state index contributed by atoms with van der Waals surface area (Å²) in [5.74, 6) is 0. The van der Waals surface area contributed by atoms with Crippen LogP contribution in [-0.4, -0.2) is 18.1 Å². The fraction of sp³-hybridized carbons (Fsp3) is 0.250. The number of nitrogens with one attached hydrogen (secondary N) is 1. The minimum absolute atomic E-state index is 0.658. The number of hydrogen-bond donors (Lipinski definition) is 2. The highest BCUT2D eigenvalue weighted by Gasteiger charge is 2.00. The van der Waals surface area contributed by atoms with E-state index in [9.17, 15) is 0 Å². The fourth-order valence-electron chi connectivity index (χ4n) is 1.63. The summed E-state index contributed by atoms with van der Waals surface area (Å²) < 4.78 is 0. The monoisotopic (exact) mass is 201 g/mol. The van der Waals surface area contributed by atoms with Gasteiger partial charge in [0.25, 0.3) is 0 Å². The molecule has 0 unspecified atom stereocenters. The van der Waals surface area contributed by atoms with Crippen molar-refractivity contribution in [2.24, 2.45) is 5.73 Å². The van der Waals surface area contributed by atoms with Crippen molar-refractivity contribution < 1.29 is 0 Å². The van der Waals surface area contributed by atoms with E-state index in [2.05, 4.69) is 22.4 Å². The van der Waals surface area contributed by atoms with Crippen molar-refractivity contribution >= 4 is 10.8 Å². The van der Waals surface area contributed by atoms with Crippen LogP contribution in [-0.2, 0) is 6.54 Å². The lowest BCUT2D eigenvalue weighted by Crippen LogP contribution is -2.22. The van der Waals surface area contributed by atoms with Crippen LogP contribution in [0.3, 0.4) is 0 Å². The Labute approximate surface area is 89.3 Å². The molecule has 0 fully saturated rings. The van der Waals surface area contributed by atoms with Crippen molar-refractivity contribution in [1.82, 2.24) is 10.3 Å². The van der Waals surface area contributed by atoms with Gasteiger partial charge in [-0.1, -0.05) is 24.3 Å². The van der Waals surface area contributed by atoms with Gasteiger partial charge in [-0.15, -0.1) is 0 Å². The topological polar surface area (TPSA) is 50.9 Å². The lowest BCUT2D eigenvalue weighted by atomic mass is 10.1. The van der Waals surface area contributed by atoms with Gasteiger partial charge in [0.1, 0.15) is 0 Å². The minimum atomic E-state index is 0.658. The van der Waals surface area contributed by atoms with Gasteiger partial charge < -0.3 is 11.1 Å². The minimum Gasteiger partial charge on any atom is -0.329 e. The van der Waals surface area contributed by atoms with E-state index in [0.29, 0.717) is 6.54 Å². The summed E-state index contributed by atoms with van der Waals surface area (Å²) in [5.41, 5.74) is 6.51. The van der Waals surface area contributed by atoms with Gasteiger partial charge in [0.05, 0.1) is 5.69 Å². The highest BCUT2D eigenvalue weighted by Crippen LogP contribution is 2.15. The molecule has 3 heteroatoms. The van der Waals surface area contributed by atoms with Gasteiger partial charge in [-0.25, -0.2) is 0 Å². The van der Waals surface area contributed by atoms with Crippen molar-refractivity contribution in [2.45, 2.75) is 6.54 Å². The normalized spacial score (nSPS) is 10.7. The lowest BCUT2D eigenvalue weighted by Gasteiger charge is -2.06. The van der Waals surface area contributed by atoms with Crippen LogP contribution in [0.2, 0.25) is 0 Å². The van der Waals surface area contributed by atoms with E-state index in [1.165, 1.54) is 10.8 Å². The zero-order chi connectivity index (χ0) is 10.5. The number of rotatable bonds is 4. The predicted molar refractivity (Wildman–Crippen MR) is 62.5 cm³/mol. The largest absolute Gasteiger partial charge is 0.329 e. The molecule has 0 saturated heterocycles. The number of hydrogen-bond acceptors (Lipinski definition) is 3. The molecule has 3 nitrogen and oxygen atoms in total. The molecule has 15 heavy (non-hydrogen) atoms. The summed E-state index contributed by atoms with van der Waals surface area (Å²) in [6, 6.07) is 10.3. The molecule has 0 aliphatic rings. The summed E-state index contributed by atoms with van der Waals surface area (Å²) in [6.07, 6.45) is 1.85. The van der Waals surface area contributed by atoms with Gasteiger partial charge in [0, 0.05) is 31.2 Å². The van der Waals surface area contributed by atoms with Crippen LogP contribution < -0.4 is 11.1 Å². The molecule has 2 aromatic rings. The summed E-state index contributed by atoms with van der Waals surface area (Å²) in [6.45, 7) is 2.26. The third kappa shape index (κ3) is 2.32. The third-order valence-electron chi connectivity index (χ3n) is 2.37. The molecule has 2 rings (SSSR count). The first-order valence-corrected chi connectivity index (χ1v) is 5.15. The van der Waals surface area contributed by atoms with E-state index in [0.717, 1.165) is 18.8 Å². The first-order valence-electron chi connectivity index (χ1n) is 5.15. The second-order valence-corrected chi connectivity index (χ2v) is 3.44. The Morgan fingerprint density at radius 2 is 2.07 bits per heavy atom. The maximum absolute atomic E-state index is 5.42. The predicted octanol–water partition coefficient (Wildman–Crippen LogP) is 1.28. The Morgan fingerprint density at radius 3 is 2.93 bits per heavy atom. The first kappa shape index (κ1) is 10.1. The lowest BCUT2D eigenvalue weighted by molar-refractivity contribution is 0.686. The van der Waals surface area contributed by atoms with Crippen LogP contribution in [0, 0.1) is 0 Å². The molecule has 0 atom stereocenters. The van der Waals surface area contributed by atoms with Crippen LogP contribution in [0.1, 0.15) is 5.69 Å². The third-order valence-corrected chi connectivity index (χ3v) is 2.37. The summed E-state index contributed by atoms with van der Waals surface area (Å²) >= 11 is 0. The Balaban J connectivity index is 2.26. The van der Waals surface area contributed by atoms with E-state index in [1.54, 1.807) is 0 Å². The molecule has 0 radical (unpaired) electrons. The van der Waals surface area contributed by atoms with Gasteiger partial charge in [0.2, 0.25) is 0 Å². The number of benzene rings is 1. The van der Waals surface area contributed by atoms with Gasteiger partial charge in [0.15, 0.2) is 0 Å². The Morgan fingerprint density at radius 1 is 1.20 bits per heavy atom. The maximum atomic E-state index is 5.42. The van der Waals surface area contributed by atoms with E-state index in [4.69, 9.17) is 5.73 Å². The van der Waals surface area contributed by atoms with Crippen LogP contribution in [0.4, 0.5) is 0 Å². The Kier molecular flexibility index (Phi) is 3.27. The quantitative estimate of drug-likeness (QED) is 0.733. The average molecular weight is 201 g/mol. The van der Waals surface area contributed by atoms with Crippen molar-refractivity contribution in [3.8, 4) is 0 Å². The van der Waals surface area contributed by atoms with Gasteiger partial charge in [-0.2, -0.15) is 0 Å². The number of fused-ring (bicyclic) bond motifs is 1. The van der Waals surface area contributed by atoms with Crippen molar-refractivity contribution in [2.75, 3.05) is 13.1 Å². The van der Waals surface area contributed by atoms with Crippen LogP contribution in [0.25, 0.3) is 10.8 Å². The molecule has 0 saturated carbocycles. The van der Waals surface area contributed by atoms with E-state index in [-0.39, 0.29) is 0 Å². The van der Waals surface area contributed by atoms with Crippen LogP contribution in [0.5, 0.6) is 0 Å². The molecular formula is C12H15N3. The molecule has 0 spiro atoms. The Hall–Kier alpha value is -1.45. The molecule has 78 valence electrons. The van der Waals surface area contributed by atoms with Crippen LogP contribution >= 0.6 is 0 Å². The maximum Gasteiger partial charge on any atom is 0.0619 e. The highest BCUT2D eigenvalue weighted by atomic mass is 14.9. The molecule has 0 aliphatic carbocycles. The van der Waals surface area contributed by atoms with Crippen molar-refractivity contribution in [1.29, 1.82) is 0 Å². The number of nitrogens with two attached hydrogens (primary N) is 1. The molecule has 1 heterocycles. The Bertz CT molecular complexity index is 434. The molecule has 1 aromatic heterocycles. The van der Waals surface area contributed by atoms with Gasteiger partial charge in [-0.3, -0.25) is 4.98 Å². The molecular weight excluding hydrogens is 186 g/mol. The zero-order valence-electron chi connectivity index (χ0n) is 8.61.